The van der Waals surface area contributed by atoms with E-state index in [1.165, 1.54) is 10.3 Å². The van der Waals surface area contributed by atoms with Gasteiger partial charge in [-0.3, -0.25) is 0 Å². The highest BCUT2D eigenvalue weighted by atomic mass is 32.2. The number of fused-ring (bicyclic) bond motifs is 1. The van der Waals surface area contributed by atoms with Crippen molar-refractivity contribution in [2.45, 2.75) is 21.8 Å². The average Bonchev–Trinajstić information content (AvgIpc) is 3.34. The van der Waals surface area contributed by atoms with Gasteiger partial charge < -0.3 is 4.57 Å². The van der Waals surface area contributed by atoms with E-state index < -0.39 is 0 Å². The molecule has 2 aromatic heterocycles. The van der Waals surface area contributed by atoms with Gasteiger partial charge in [0.25, 0.3) is 0 Å². The van der Waals surface area contributed by atoms with Gasteiger partial charge in [0, 0.05) is 12.3 Å². The zero-order valence-corrected chi connectivity index (χ0v) is 18.2. The lowest BCUT2D eigenvalue weighted by Gasteiger charge is -2.06. The Kier molecular flexibility index (Phi) is 6.82. The van der Waals surface area contributed by atoms with Crippen LogP contribution in [0.1, 0.15) is 11.4 Å². The maximum atomic E-state index is 4.69. The maximum absolute atomic E-state index is 4.69. The summed E-state index contributed by atoms with van der Waals surface area (Å²) in [5.41, 5.74) is 2.25. The van der Waals surface area contributed by atoms with E-state index in [9.17, 15) is 0 Å². The molecular formula is C22H20N4S3. The predicted molar refractivity (Wildman–Crippen MR) is 126 cm³/mol. The van der Waals surface area contributed by atoms with Gasteiger partial charge in [0.15, 0.2) is 9.50 Å². The molecule has 0 atom stereocenters. The zero-order chi connectivity index (χ0) is 19.9. The highest BCUT2D eigenvalue weighted by Crippen LogP contribution is 2.31. The Morgan fingerprint density at radius 1 is 1.00 bits per heavy atom. The van der Waals surface area contributed by atoms with Crippen LogP contribution in [0.4, 0.5) is 0 Å². The van der Waals surface area contributed by atoms with E-state index in [4.69, 9.17) is 0 Å². The molecule has 4 nitrogen and oxygen atoms in total. The lowest BCUT2D eigenvalue weighted by atomic mass is 10.2. The second-order valence-electron chi connectivity index (χ2n) is 6.16. The SMILES string of the molecule is C=CCn1c(CSc2nc3ccccc3s2)nnc1SC/C=C\c1ccccc1. The van der Waals surface area contributed by atoms with Gasteiger partial charge in [0.1, 0.15) is 5.82 Å². The number of thioether (sulfide) groups is 2. The van der Waals surface area contributed by atoms with E-state index in [2.05, 4.69) is 56.7 Å². The standard InChI is InChI=1S/C22H20N4S3/c1-2-14-26-20(16-28-22-23-18-12-6-7-13-19(18)29-22)24-25-21(26)27-15-8-11-17-9-4-3-5-10-17/h2-13H,1,14-16H2/b11-8-. The molecule has 0 aliphatic rings. The summed E-state index contributed by atoms with van der Waals surface area (Å²) in [5.74, 6) is 2.53. The number of hydrogen-bond donors (Lipinski definition) is 0. The fourth-order valence-electron chi connectivity index (χ4n) is 2.76. The quantitative estimate of drug-likeness (QED) is 0.232. The average molecular weight is 437 g/mol. The molecule has 0 radical (unpaired) electrons. The first kappa shape index (κ1) is 19.9. The number of thiazole rings is 1. The fraction of sp³-hybridized carbons (Fsp3) is 0.136. The Morgan fingerprint density at radius 3 is 2.66 bits per heavy atom. The lowest BCUT2D eigenvalue weighted by molar-refractivity contribution is 0.701. The van der Waals surface area contributed by atoms with Crippen LogP contribution in [0.25, 0.3) is 16.3 Å². The van der Waals surface area contributed by atoms with Crippen molar-refractivity contribution in [3.8, 4) is 0 Å². The van der Waals surface area contributed by atoms with Gasteiger partial charge in [0.2, 0.25) is 0 Å². The number of aromatic nitrogens is 4. The number of hydrogen-bond acceptors (Lipinski definition) is 6. The monoisotopic (exact) mass is 436 g/mol. The Bertz CT molecular complexity index is 1080. The van der Waals surface area contributed by atoms with Crippen LogP contribution in [0, 0.1) is 0 Å². The second-order valence-corrected chi connectivity index (χ2v) is 9.40. The highest BCUT2D eigenvalue weighted by molar-refractivity contribution is 8.00. The van der Waals surface area contributed by atoms with Gasteiger partial charge in [-0.05, 0) is 17.7 Å². The van der Waals surface area contributed by atoms with E-state index in [0.717, 1.165) is 32.3 Å². The third kappa shape index (κ3) is 5.18. The van der Waals surface area contributed by atoms with Gasteiger partial charge in [-0.15, -0.1) is 28.1 Å². The molecule has 0 fully saturated rings. The van der Waals surface area contributed by atoms with E-state index in [-0.39, 0.29) is 0 Å². The third-order valence-electron chi connectivity index (χ3n) is 4.12. The molecule has 4 rings (SSSR count). The largest absolute Gasteiger partial charge is 0.301 e. The van der Waals surface area contributed by atoms with Gasteiger partial charge in [-0.25, -0.2) is 4.98 Å². The van der Waals surface area contributed by atoms with Gasteiger partial charge >= 0.3 is 0 Å². The molecule has 4 aromatic rings. The van der Waals surface area contributed by atoms with Gasteiger partial charge in [0.05, 0.1) is 16.0 Å². The van der Waals surface area contributed by atoms with Gasteiger partial charge in [-0.2, -0.15) is 0 Å². The van der Waals surface area contributed by atoms with Crippen LogP contribution < -0.4 is 0 Å². The number of benzene rings is 2. The highest BCUT2D eigenvalue weighted by Gasteiger charge is 2.13. The molecule has 0 amide bonds. The first-order chi connectivity index (χ1) is 14.3. The van der Waals surface area contributed by atoms with Crippen LogP contribution >= 0.6 is 34.9 Å². The summed E-state index contributed by atoms with van der Waals surface area (Å²) in [6, 6.07) is 18.5. The summed E-state index contributed by atoms with van der Waals surface area (Å²) in [4.78, 5) is 4.69. The van der Waals surface area contributed by atoms with Crippen LogP contribution in [0.15, 0.2) is 82.8 Å². The molecule has 2 aromatic carbocycles. The molecule has 0 spiro atoms. The maximum Gasteiger partial charge on any atom is 0.191 e. The van der Waals surface area contributed by atoms with Crippen molar-refractivity contribution >= 4 is 51.2 Å². The number of rotatable bonds is 9. The van der Waals surface area contributed by atoms with Crippen LogP contribution in [0.2, 0.25) is 0 Å². The predicted octanol–water partition coefficient (Wildman–Crippen LogP) is 6.17. The molecular weight excluding hydrogens is 416 g/mol. The van der Waals surface area contributed by atoms with E-state index in [1.807, 2.05) is 42.5 Å². The first-order valence-electron chi connectivity index (χ1n) is 9.19. The number of nitrogens with zero attached hydrogens (tertiary/aromatic N) is 4. The minimum absolute atomic E-state index is 0.702. The van der Waals surface area contributed by atoms with Crippen LogP contribution in [0.5, 0.6) is 0 Å². The van der Waals surface area contributed by atoms with Crippen molar-refractivity contribution in [2.24, 2.45) is 0 Å². The summed E-state index contributed by atoms with van der Waals surface area (Å²) in [7, 11) is 0. The Hall–Kier alpha value is -2.35. The second kappa shape index (κ2) is 9.91. The molecule has 0 N–H and O–H groups in total. The van der Waals surface area contributed by atoms with Crippen LogP contribution in [0.3, 0.4) is 0 Å². The molecule has 0 bridgehead atoms. The van der Waals surface area contributed by atoms with E-state index >= 15 is 0 Å². The van der Waals surface area contributed by atoms with Crippen LogP contribution in [-0.2, 0) is 12.3 Å². The summed E-state index contributed by atoms with van der Waals surface area (Å²) in [6.07, 6.45) is 6.17. The molecule has 0 saturated carbocycles. The summed E-state index contributed by atoms with van der Waals surface area (Å²) in [5, 5.41) is 9.73. The Morgan fingerprint density at radius 2 is 1.83 bits per heavy atom. The summed E-state index contributed by atoms with van der Waals surface area (Å²) in [6.45, 7) is 4.59. The smallest absolute Gasteiger partial charge is 0.191 e. The molecule has 7 heteroatoms. The molecule has 0 aliphatic heterocycles. The van der Waals surface area contributed by atoms with Crippen molar-refractivity contribution in [3.05, 3.63) is 84.7 Å². The van der Waals surface area contributed by atoms with Crippen molar-refractivity contribution in [1.29, 1.82) is 0 Å². The Labute approximate surface area is 182 Å². The molecule has 29 heavy (non-hydrogen) atoms. The van der Waals surface area contributed by atoms with Crippen molar-refractivity contribution < 1.29 is 0 Å². The molecule has 2 heterocycles. The van der Waals surface area contributed by atoms with Crippen molar-refractivity contribution in [2.75, 3.05) is 5.75 Å². The number of para-hydroxylation sites is 1. The summed E-state index contributed by atoms with van der Waals surface area (Å²) < 4.78 is 4.40. The summed E-state index contributed by atoms with van der Waals surface area (Å²) >= 11 is 5.11. The Balaban J connectivity index is 1.40. The normalized spacial score (nSPS) is 11.4. The minimum Gasteiger partial charge on any atom is -0.301 e. The minimum atomic E-state index is 0.702. The van der Waals surface area contributed by atoms with E-state index in [1.54, 1.807) is 34.9 Å². The van der Waals surface area contributed by atoms with Gasteiger partial charge in [-0.1, -0.05) is 84.2 Å². The molecule has 0 aliphatic carbocycles. The van der Waals surface area contributed by atoms with Crippen molar-refractivity contribution in [1.82, 2.24) is 19.7 Å². The fourth-order valence-corrected chi connectivity index (χ4v) is 5.54. The lowest BCUT2D eigenvalue weighted by Crippen LogP contribution is -2.03. The first-order valence-corrected chi connectivity index (χ1v) is 12.0. The topological polar surface area (TPSA) is 43.6 Å². The molecule has 0 saturated heterocycles. The van der Waals surface area contributed by atoms with E-state index in [0.29, 0.717) is 6.54 Å². The molecule has 146 valence electrons. The third-order valence-corrected chi connectivity index (χ3v) is 7.22. The van der Waals surface area contributed by atoms with Crippen molar-refractivity contribution in [3.63, 3.8) is 0 Å². The van der Waals surface area contributed by atoms with Crippen LogP contribution in [-0.4, -0.2) is 25.5 Å². The number of allylic oxidation sites excluding steroid dienone is 1. The molecule has 0 unspecified atom stereocenters. The zero-order valence-electron chi connectivity index (χ0n) is 15.8.